The zero-order valence-electron chi connectivity index (χ0n) is 10.9. The van der Waals surface area contributed by atoms with E-state index in [1.807, 2.05) is 24.3 Å². The van der Waals surface area contributed by atoms with Crippen molar-refractivity contribution in [1.82, 2.24) is 10.2 Å². The molecule has 0 amide bonds. The lowest BCUT2D eigenvalue weighted by molar-refractivity contribution is 0.439. The van der Waals surface area contributed by atoms with Gasteiger partial charge in [0.1, 0.15) is 0 Å². The first-order valence-electron chi connectivity index (χ1n) is 6.24. The third-order valence-electron chi connectivity index (χ3n) is 3.37. The van der Waals surface area contributed by atoms with Crippen LogP contribution < -0.4 is 5.32 Å². The average Bonchev–Trinajstić information content (AvgIpc) is 2.38. The quantitative estimate of drug-likeness (QED) is 0.906. The number of hydrogen-bond donors (Lipinski definition) is 1. The van der Waals surface area contributed by atoms with Gasteiger partial charge in [0.15, 0.2) is 11.0 Å². The molecule has 4 heteroatoms. The Labute approximate surface area is 113 Å². The van der Waals surface area contributed by atoms with Gasteiger partial charge >= 0.3 is 0 Å². The van der Waals surface area contributed by atoms with E-state index in [0.717, 1.165) is 23.1 Å². The number of anilines is 1. The zero-order valence-corrected chi connectivity index (χ0v) is 11.7. The van der Waals surface area contributed by atoms with Crippen LogP contribution in [0, 0.1) is 11.8 Å². The molecule has 2 rings (SSSR count). The fraction of sp³-hybridized carbons (Fsp3) is 0.429. The summed E-state index contributed by atoms with van der Waals surface area (Å²) in [4.78, 5) is 0. The normalized spacial score (nSPS) is 12.9. The Kier molecular flexibility index (Phi) is 4.02. The highest BCUT2D eigenvalue weighted by Gasteiger charge is 2.10. The van der Waals surface area contributed by atoms with Crippen LogP contribution in [0.2, 0.25) is 5.15 Å². The van der Waals surface area contributed by atoms with Crippen molar-refractivity contribution in [2.75, 3.05) is 11.9 Å². The Morgan fingerprint density at radius 1 is 1.11 bits per heavy atom. The average molecular weight is 264 g/mol. The Hall–Kier alpha value is -1.35. The molecule has 1 atom stereocenters. The highest BCUT2D eigenvalue weighted by molar-refractivity contribution is 6.34. The smallest absolute Gasteiger partial charge is 0.159 e. The summed E-state index contributed by atoms with van der Waals surface area (Å²) in [6.45, 7) is 7.55. The van der Waals surface area contributed by atoms with E-state index in [4.69, 9.17) is 11.6 Å². The number of fused-ring (bicyclic) bond motifs is 1. The third-order valence-corrected chi connectivity index (χ3v) is 3.65. The van der Waals surface area contributed by atoms with Crippen LogP contribution in [0.3, 0.4) is 0 Å². The van der Waals surface area contributed by atoms with E-state index < -0.39 is 0 Å². The topological polar surface area (TPSA) is 37.8 Å². The van der Waals surface area contributed by atoms with Gasteiger partial charge in [-0.05, 0) is 11.8 Å². The van der Waals surface area contributed by atoms with Crippen molar-refractivity contribution >= 4 is 28.2 Å². The predicted molar refractivity (Wildman–Crippen MR) is 77.0 cm³/mol. The van der Waals surface area contributed by atoms with E-state index in [0.29, 0.717) is 17.0 Å². The van der Waals surface area contributed by atoms with Gasteiger partial charge in [0, 0.05) is 17.3 Å². The monoisotopic (exact) mass is 263 g/mol. The lowest BCUT2D eigenvalue weighted by atomic mass is 9.98. The van der Waals surface area contributed by atoms with Crippen LogP contribution in [0.1, 0.15) is 20.8 Å². The predicted octanol–water partition coefficient (Wildman–Crippen LogP) is 3.99. The van der Waals surface area contributed by atoms with Gasteiger partial charge in [0.2, 0.25) is 0 Å². The van der Waals surface area contributed by atoms with E-state index in [2.05, 4.69) is 36.3 Å². The molecule has 0 saturated heterocycles. The molecule has 0 aliphatic carbocycles. The van der Waals surface area contributed by atoms with Crippen molar-refractivity contribution in [2.24, 2.45) is 11.8 Å². The molecule has 0 radical (unpaired) electrons. The molecule has 96 valence electrons. The Morgan fingerprint density at radius 3 is 2.44 bits per heavy atom. The minimum Gasteiger partial charge on any atom is -0.368 e. The van der Waals surface area contributed by atoms with Crippen molar-refractivity contribution in [2.45, 2.75) is 20.8 Å². The second-order valence-electron chi connectivity index (χ2n) is 4.99. The second-order valence-corrected chi connectivity index (χ2v) is 5.35. The van der Waals surface area contributed by atoms with Gasteiger partial charge < -0.3 is 5.32 Å². The lowest BCUT2D eigenvalue weighted by Crippen LogP contribution is -2.17. The van der Waals surface area contributed by atoms with E-state index in [1.165, 1.54) is 0 Å². The molecule has 0 saturated carbocycles. The fourth-order valence-electron chi connectivity index (χ4n) is 1.70. The number of nitrogens with zero attached hydrogens (tertiary/aromatic N) is 2. The van der Waals surface area contributed by atoms with E-state index in [-0.39, 0.29) is 0 Å². The summed E-state index contributed by atoms with van der Waals surface area (Å²) in [6, 6.07) is 7.91. The third kappa shape index (κ3) is 2.72. The van der Waals surface area contributed by atoms with Crippen LogP contribution in [0.4, 0.5) is 5.82 Å². The van der Waals surface area contributed by atoms with Crippen LogP contribution in [0.25, 0.3) is 10.8 Å². The van der Waals surface area contributed by atoms with Gasteiger partial charge in [0.25, 0.3) is 0 Å². The maximum atomic E-state index is 6.04. The van der Waals surface area contributed by atoms with Crippen LogP contribution in [-0.2, 0) is 0 Å². The van der Waals surface area contributed by atoms with Crippen molar-refractivity contribution in [3.63, 3.8) is 0 Å². The number of halogens is 1. The summed E-state index contributed by atoms with van der Waals surface area (Å²) in [5, 5.41) is 13.9. The number of rotatable bonds is 4. The Morgan fingerprint density at radius 2 is 1.78 bits per heavy atom. The van der Waals surface area contributed by atoms with Crippen molar-refractivity contribution in [1.29, 1.82) is 0 Å². The van der Waals surface area contributed by atoms with Gasteiger partial charge in [-0.25, -0.2) is 0 Å². The molecule has 18 heavy (non-hydrogen) atoms. The van der Waals surface area contributed by atoms with Crippen LogP contribution >= 0.6 is 11.6 Å². The maximum Gasteiger partial charge on any atom is 0.159 e. The van der Waals surface area contributed by atoms with Gasteiger partial charge in [-0.15, -0.1) is 10.2 Å². The molecule has 0 fully saturated rings. The summed E-state index contributed by atoms with van der Waals surface area (Å²) in [5.41, 5.74) is 0. The SMILES string of the molecule is CC(C)C(C)CNc1nnc(Cl)c2ccccc12. The summed E-state index contributed by atoms with van der Waals surface area (Å²) >= 11 is 6.04. The molecule has 1 heterocycles. The molecule has 0 bridgehead atoms. The lowest BCUT2D eigenvalue weighted by Gasteiger charge is -2.17. The first-order chi connectivity index (χ1) is 8.59. The summed E-state index contributed by atoms with van der Waals surface area (Å²) in [5.74, 6) is 2.03. The summed E-state index contributed by atoms with van der Waals surface area (Å²) in [6.07, 6.45) is 0. The molecular formula is C14H18ClN3. The maximum absolute atomic E-state index is 6.04. The highest BCUT2D eigenvalue weighted by atomic mass is 35.5. The largest absolute Gasteiger partial charge is 0.368 e. The van der Waals surface area contributed by atoms with Gasteiger partial charge in [-0.2, -0.15) is 0 Å². The van der Waals surface area contributed by atoms with Crippen LogP contribution in [0.5, 0.6) is 0 Å². The molecule has 1 N–H and O–H groups in total. The first kappa shape index (κ1) is 13.1. The Bertz CT molecular complexity index is 540. The highest BCUT2D eigenvalue weighted by Crippen LogP contribution is 2.25. The van der Waals surface area contributed by atoms with Crippen molar-refractivity contribution in [3.05, 3.63) is 29.4 Å². The molecule has 0 aliphatic rings. The van der Waals surface area contributed by atoms with E-state index in [1.54, 1.807) is 0 Å². The van der Waals surface area contributed by atoms with Crippen molar-refractivity contribution in [3.8, 4) is 0 Å². The second kappa shape index (κ2) is 5.53. The number of nitrogens with one attached hydrogen (secondary N) is 1. The minimum absolute atomic E-state index is 0.452. The molecular weight excluding hydrogens is 246 g/mol. The molecule has 0 aliphatic heterocycles. The standard InChI is InChI=1S/C14H18ClN3/c1-9(2)10(3)8-16-14-12-7-5-4-6-11(12)13(15)17-18-14/h4-7,9-10H,8H2,1-3H3,(H,16,18). The molecule has 1 aromatic heterocycles. The summed E-state index contributed by atoms with van der Waals surface area (Å²) < 4.78 is 0. The van der Waals surface area contributed by atoms with Crippen LogP contribution in [-0.4, -0.2) is 16.7 Å². The molecule has 2 aromatic rings. The van der Waals surface area contributed by atoms with Gasteiger partial charge in [-0.3, -0.25) is 0 Å². The fourth-order valence-corrected chi connectivity index (χ4v) is 1.90. The van der Waals surface area contributed by atoms with Gasteiger partial charge in [0.05, 0.1) is 0 Å². The molecule has 1 unspecified atom stereocenters. The van der Waals surface area contributed by atoms with E-state index in [9.17, 15) is 0 Å². The van der Waals surface area contributed by atoms with E-state index >= 15 is 0 Å². The molecule has 3 nitrogen and oxygen atoms in total. The minimum atomic E-state index is 0.452. The summed E-state index contributed by atoms with van der Waals surface area (Å²) in [7, 11) is 0. The number of aromatic nitrogens is 2. The van der Waals surface area contributed by atoms with Crippen LogP contribution in [0.15, 0.2) is 24.3 Å². The molecule has 0 spiro atoms. The Balaban J connectivity index is 2.26. The zero-order chi connectivity index (χ0) is 13.1. The number of benzene rings is 1. The van der Waals surface area contributed by atoms with Gasteiger partial charge in [-0.1, -0.05) is 56.6 Å². The van der Waals surface area contributed by atoms with Crippen molar-refractivity contribution < 1.29 is 0 Å². The first-order valence-corrected chi connectivity index (χ1v) is 6.62. The number of hydrogen-bond acceptors (Lipinski definition) is 3. The molecule has 1 aromatic carbocycles.